The molecule has 6 nitrogen and oxygen atoms in total. The number of nitrogens with zero attached hydrogens (tertiary/aromatic N) is 2. The Morgan fingerprint density at radius 2 is 1.79 bits per heavy atom. The van der Waals surface area contributed by atoms with E-state index in [0.717, 1.165) is 0 Å². The molecular formula is C22H15FN2O4. The van der Waals surface area contributed by atoms with Crippen molar-refractivity contribution in [3.05, 3.63) is 77.2 Å². The fraction of sp³-hybridized carbons (Fsp3) is 0.0909. The van der Waals surface area contributed by atoms with Crippen LogP contribution in [-0.2, 0) is 0 Å². The number of hydrogen-bond donors (Lipinski definition) is 0. The SMILES string of the molecule is CC(=O)c1ccc(OC(=O)c2cc(-c3ccccc3F)nc3onc(C)c23)cc1. The Kier molecular flexibility index (Phi) is 4.64. The molecule has 29 heavy (non-hydrogen) atoms. The Morgan fingerprint density at radius 1 is 1.07 bits per heavy atom. The summed E-state index contributed by atoms with van der Waals surface area (Å²) in [6, 6.07) is 13.8. The number of ether oxygens (including phenoxy) is 1. The molecule has 0 saturated heterocycles. The highest BCUT2D eigenvalue weighted by atomic mass is 19.1. The predicted molar refractivity (Wildman–Crippen MR) is 103 cm³/mol. The van der Waals surface area contributed by atoms with Crippen molar-refractivity contribution in [1.82, 2.24) is 10.1 Å². The molecule has 4 aromatic rings. The van der Waals surface area contributed by atoms with Crippen molar-refractivity contribution in [2.45, 2.75) is 13.8 Å². The molecule has 0 fully saturated rings. The molecule has 2 heterocycles. The summed E-state index contributed by atoms with van der Waals surface area (Å²) in [7, 11) is 0. The highest BCUT2D eigenvalue weighted by Crippen LogP contribution is 2.29. The molecule has 4 rings (SSSR count). The van der Waals surface area contributed by atoms with Gasteiger partial charge in [-0.15, -0.1) is 0 Å². The van der Waals surface area contributed by atoms with Crippen LogP contribution in [0.25, 0.3) is 22.4 Å². The predicted octanol–water partition coefficient (Wildman–Crippen LogP) is 4.76. The molecule has 0 radical (unpaired) electrons. The van der Waals surface area contributed by atoms with Gasteiger partial charge in [-0.1, -0.05) is 17.3 Å². The Morgan fingerprint density at radius 3 is 2.48 bits per heavy atom. The molecule has 0 bridgehead atoms. The Balaban J connectivity index is 1.77. The zero-order valence-electron chi connectivity index (χ0n) is 15.6. The maximum atomic E-state index is 14.2. The second kappa shape index (κ2) is 7.27. The number of hydrogen-bond acceptors (Lipinski definition) is 6. The quantitative estimate of drug-likeness (QED) is 0.284. The molecule has 2 aromatic carbocycles. The van der Waals surface area contributed by atoms with Crippen molar-refractivity contribution in [1.29, 1.82) is 0 Å². The first-order valence-electron chi connectivity index (χ1n) is 8.79. The third kappa shape index (κ3) is 3.50. The van der Waals surface area contributed by atoms with Crippen molar-refractivity contribution in [3.8, 4) is 17.0 Å². The van der Waals surface area contributed by atoms with Crippen LogP contribution >= 0.6 is 0 Å². The van der Waals surface area contributed by atoms with E-state index in [1.807, 2.05) is 0 Å². The minimum absolute atomic E-state index is 0.0895. The van der Waals surface area contributed by atoms with Gasteiger partial charge < -0.3 is 9.26 Å². The number of halogens is 1. The van der Waals surface area contributed by atoms with E-state index in [1.165, 1.54) is 31.2 Å². The van der Waals surface area contributed by atoms with Crippen LogP contribution in [0.15, 0.2) is 59.1 Å². The lowest BCUT2D eigenvalue weighted by Crippen LogP contribution is -2.10. The van der Waals surface area contributed by atoms with Crippen LogP contribution < -0.4 is 4.74 Å². The van der Waals surface area contributed by atoms with Crippen molar-refractivity contribution in [2.24, 2.45) is 0 Å². The summed E-state index contributed by atoms with van der Waals surface area (Å²) in [5, 5.41) is 4.26. The number of Topliss-reactive ketones (excluding diaryl/α,β-unsaturated/α-hetero) is 1. The topological polar surface area (TPSA) is 82.3 Å². The lowest BCUT2D eigenvalue weighted by atomic mass is 10.1. The smallest absolute Gasteiger partial charge is 0.344 e. The molecular weight excluding hydrogens is 375 g/mol. The van der Waals surface area contributed by atoms with Gasteiger partial charge in [0, 0.05) is 11.1 Å². The lowest BCUT2D eigenvalue weighted by molar-refractivity contribution is 0.0736. The van der Waals surface area contributed by atoms with Crippen LogP contribution in [0.4, 0.5) is 4.39 Å². The fourth-order valence-corrected chi connectivity index (χ4v) is 2.98. The van der Waals surface area contributed by atoms with Crippen molar-refractivity contribution in [3.63, 3.8) is 0 Å². The van der Waals surface area contributed by atoms with Crippen molar-refractivity contribution in [2.75, 3.05) is 0 Å². The van der Waals surface area contributed by atoms with Crippen LogP contribution in [0.3, 0.4) is 0 Å². The molecule has 0 aliphatic carbocycles. The molecule has 7 heteroatoms. The monoisotopic (exact) mass is 390 g/mol. The largest absolute Gasteiger partial charge is 0.423 e. The van der Waals surface area contributed by atoms with Gasteiger partial charge in [0.1, 0.15) is 11.6 Å². The molecule has 2 aromatic heterocycles. The summed E-state index contributed by atoms with van der Waals surface area (Å²) < 4.78 is 24.9. The summed E-state index contributed by atoms with van der Waals surface area (Å²) in [5.41, 5.74) is 1.69. The number of rotatable bonds is 4. The number of esters is 1. The maximum absolute atomic E-state index is 14.2. The zero-order chi connectivity index (χ0) is 20.5. The lowest BCUT2D eigenvalue weighted by Gasteiger charge is -2.08. The van der Waals surface area contributed by atoms with Gasteiger partial charge in [0.05, 0.1) is 22.3 Å². The number of aromatic nitrogens is 2. The summed E-state index contributed by atoms with van der Waals surface area (Å²) in [4.78, 5) is 28.6. The zero-order valence-corrected chi connectivity index (χ0v) is 15.6. The van der Waals surface area contributed by atoms with Gasteiger partial charge in [0.2, 0.25) is 0 Å². The molecule has 0 saturated carbocycles. The van der Waals surface area contributed by atoms with Crippen molar-refractivity contribution >= 4 is 22.9 Å². The van der Waals surface area contributed by atoms with Gasteiger partial charge in [-0.2, -0.15) is 0 Å². The number of fused-ring (bicyclic) bond motifs is 1. The first-order chi connectivity index (χ1) is 13.9. The summed E-state index contributed by atoms with van der Waals surface area (Å²) >= 11 is 0. The van der Waals surface area contributed by atoms with Gasteiger partial charge in [-0.05, 0) is 56.3 Å². The van der Waals surface area contributed by atoms with E-state index in [4.69, 9.17) is 9.26 Å². The number of pyridine rings is 1. The van der Waals surface area contributed by atoms with Crippen LogP contribution in [0.5, 0.6) is 5.75 Å². The molecule has 0 amide bonds. The Bertz CT molecular complexity index is 1250. The maximum Gasteiger partial charge on any atom is 0.344 e. The molecule has 0 atom stereocenters. The Labute approximate surface area is 164 Å². The van der Waals surface area contributed by atoms with E-state index in [-0.39, 0.29) is 34.1 Å². The minimum Gasteiger partial charge on any atom is -0.423 e. The molecule has 0 spiro atoms. The van der Waals surface area contributed by atoms with Crippen LogP contribution in [0.2, 0.25) is 0 Å². The fourth-order valence-electron chi connectivity index (χ4n) is 2.98. The molecule has 0 N–H and O–H groups in total. The van der Waals surface area contributed by atoms with Crippen LogP contribution in [0.1, 0.15) is 33.3 Å². The average molecular weight is 390 g/mol. The third-order valence-corrected chi connectivity index (χ3v) is 4.46. The van der Waals surface area contributed by atoms with Crippen LogP contribution in [0, 0.1) is 12.7 Å². The third-order valence-electron chi connectivity index (χ3n) is 4.46. The number of carbonyl (C=O) groups excluding carboxylic acids is 2. The summed E-state index contributed by atoms with van der Waals surface area (Å²) in [6.45, 7) is 3.13. The van der Waals surface area contributed by atoms with Gasteiger partial charge in [-0.25, -0.2) is 14.2 Å². The van der Waals surface area contributed by atoms with Crippen LogP contribution in [-0.4, -0.2) is 21.9 Å². The first kappa shape index (κ1) is 18.5. The molecule has 0 aliphatic heterocycles. The highest BCUT2D eigenvalue weighted by Gasteiger charge is 2.22. The van der Waals surface area contributed by atoms with Gasteiger partial charge in [0.25, 0.3) is 5.71 Å². The standard InChI is InChI=1S/C22H15FN2O4/c1-12-20-17(22(27)28-15-9-7-14(8-10-15)13(2)26)11-19(24-21(20)29-25-12)16-5-3-4-6-18(16)23/h3-11H,1-2H3. The summed E-state index contributed by atoms with van der Waals surface area (Å²) in [6.07, 6.45) is 0. The van der Waals surface area contributed by atoms with E-state index >= 15 is 0 Å². The first-order valence-corrected chi connectivity index (χ1v) is 8.79. The average Bonchev–Trinajstić information content (AvgIpc) is 3.09. The van der Waals surface area contributed by atoms with E-state index in [9.17, 15) is 14.0 Å². The van der Waals surface area contributed by atoms with E-state index in [2.05, 4.69) is 10.1 Å². The van der Waals surface area contributed by atoms with E-state index in [1.54, 1.807) is 37.3 Å². The normalized spacial score (nSPS) is 10.9. The van der Waals surface area contributed by atoms with E-state index < -0.39 is 11.8 Å². The number of benzene rings is 2. The molecule has 0 unspecified atom stereocenters. The minimum atomic E-state index is -0.670. The van der Waals surface area contributed by atoms with Crippen molar-refractivity contribution < 1.29 is 23.2 Å². The molecule has 0 aliphatic rings. The second-order valence-electron chi connectivity index (χ2n) is 6.45. The van der Waals surface area contributed by atoms with Gasteiger partial charge in [-0.3, -0.25) is 4.79 Å². The Hall–Kier alpha value is -3.87. The van der Waals surface area contributed by atoms with Gasteiger partial charge in [0.15, 0.2) is 5.78 Å². The summed E-state index contributed by atoms with van der Waals surface area (Å²) in [5.74, 6) is -0.966. The number of aryl methyl sites for hydroxylation is 1. The second-order valence-corrected chi connectivity index (χ2v) is 6.45. The highest BCUT2D eigenvalue weighted by molar-refractivity contribution is 6.05. The van der Waals surface area contributed by atoms with E-state index in [0.29, 0.717) is 16.6 Å². The number of ketones is 1. The molecule has 144 valence electrons. The number of carbonyl (C=O) groups is 2. The van der Waals surface area contributed by atoms with Gasteiger partial charge >= 0.3 is 5.97 Å².